The minimum atomic E-state index is -0.428. The van der Waals surface area contributed by atoms with Crippen molar-refractivity contribution in [3.63, 3.8) is 0 Å². The second-order valence-electron chi connectivity index (χ2n) is 9.72. The van der Waals surface area contributed by atoms with E-state index in [-0.39, 0.29) is 24.0 Å². The number of nitrogens with zero attached hydrogens (tertiary/aromatic N) is 5. The maximum Gasteiger partial charge on any atom is 0.287 e. The van der Waals surface area contributed by atoms with E-state index >= 15 is 0 Å². The summed E-state index contributed by atoms with van der Waals surface area (Å²) in [4.78, 5) is 27.3. The van der Waals surface area contributed by atoms with Crippen LogP contribution in [0, 0.1) is 5.82 Å². The number of methoxy groups -OCH3 is 2. The third-order valence-corrected chi connectivity index (χ3v) is 8.86. The molecule has 3 aromatic heterocycles. The zero-order valence-electron chi connectivity index (χ0n) is 24.2. The summed E-state index contributed by atoms with van der Waals surface area (Å²) in [5.74, 6) is 0.510. The Kier molecular flexibility index (Phi) is 8.93. The molecule has 0 saturated heterocycles. The Morgan fingerprint density at radius 3 is 2.62 bits per heavy atom. The molecular formula is C31H27FN6O5S2. The first kappa shape index (κ1) is 30.1. The Bertz CT molecular complexity index is 1820. The smallest absolute Gasteiger partial charge is 0.287 e. The fourth-order valence-corrected chi connectivity index (χ4v) is 6.50. The van der Waals surface area contributed by atoms with Crippen LogP contribution in [0.25, 0.3) is 5.69 Å². The summed E-state index contributed by atoms with van der Waals surface area (Å²) in [7, 11) is 3.13. The Morgan fingerprint density at radius 2 is 1.91 bits per heavy atom. The van der Waals surface area contributed by atoms with Gasteiger partial charge in [-0.05, 0) is 53.9 Å². The van der Waals surface area contributed by atoms with E-state index < -0.39 is 17.8 Å². The van der Waals surface area contributed by atoms with Crippen molar-refractivity contribution < 1.29 is 27.9 Å². The maximum absolute atomic E-state index is 13.9. The second-order valence-corrected chi connectivity index (χ2v) is 11.6. The number of carbonyl (C=O) groups excluding carboxylic acids is 2. The van der Waals surface area contributed by atoms with Crippen molar-refractivity contribution in [2.24, 2.45) is 5.10 Å². The molecule has 0 radical (unpaired) electrons. The normalized spacial score (nSPS) is 14.3. The molecule has 1 N–H and O–H groups in total. The number of carbonyl (C=O) groups is 2. The van der Waals surface area contributed by atoms with Gasteiger partial charge in [0, 0.05) is 17.7 Å². The summed E-state index contributed by atoms with van der Waals surface area (Å²) in [6, 6.07) is 18.0. The van der Waals surface area contributed by atoms with Crippen molar-refractivity contribution in [3.8, 4) is 17.2 Å². The minimum absolute atomic E-state index is 0.0106. The van der Waals surface area contributed by atoms with E-state index in [9.17, 15) is 14.0 Å². The lowest BCUT2D eigenvalue weighted by atomic mass is 9.99. The van der Waals surface area contributed by atoms with Crippen molar-refractivity contribution in [3.05, 3.63) is 106 Å². The molecule has 6 rings (SSSR count). The highest BCUT2D eigenvalue weighted by Gasteiger charge is 2.36. The SMILES string of the molecule is COc1cccc([C@H]2CC(c3cccs3)=NN2C(=O)CSc2nnc(CNC(=O)c3ccco3)n2-c2ccc(F)cc2)c1OC. The number of hydrogen-bond acceptors (Lipinski definition) is 10. The van der Waals surface area contributed by atoms with Crippen molar-refractivity contribution in [2.75, 3.05) is 20.0 Å². The van der Waals surface area contributed by atoms with Crippen LogP contribution in [-0.2, 0) is 11.3 Å². The highest BCUT2D eigenvalue weighted by molar-refractivity contribution is 7.99. The number of benzene rings is 2. The average Bonchev–Trinajstić information content (AvgIpc) is 3.89. The van der Waals surface area contributed by atoms with Crippen LogP contribution in [-0.4, -0.2) is 57.3 Å². The first-order valence-corrected chi connectivity index (χ1v) is 15.6. The first-order valence-electron chi connectivity index (χ1n) is 13.8. The molecular weight excluding hydrogens is 620 g/mol. The molecule has 11 nitrogen and oxygen atoms in total. The number of ether oxygens (including phenoxy) is 2. The zero-order valence-corrected chi connectivity index (χ0v) is 25.8. The Balaban J connectivity index is 1.27. The number of halogens is 1. The van der Waals surface area contributed by atoms with Crippen LogP contribution in [0.1, 0.15) is 39.3 Å². The number of para-hydroxylation sites is 1. The van der Waals surface area contributed by atoms with Crippen molar-refractivity contribution >= 4 is 40.6 Å². The van der Waals surface area contributed by atoms with Gasteiger partial charge >= 0.3 is 0 Å². The molecule has 0 aliphatic carbocycles. The molecule has 1 atom stereocenters. The number of thiophene rings is 1. The Labute approximate surface area is 265 Å². The van der Waals surface area contributed by atoms with Crippen LogP contribution in [0.15, 0.2) is 93.0 Å². The lowest BCUT2D eigenvalue weighted by molar-refractivity contribution is -0.130. The van der Waals surface area contributed by atoms with Crippen LogP contribution < -0.4 is 14.8 Å². The highest BCUT2D eigenvalue weighted by Crippen LogP contribution is 2.42. The number of furan rings is 1. The van der Waals surface area contributed by atoms with E-state index in [1.165, 1.54) is 23.4 Å². The van der Waals surface area contributed by atoms with E-state index in [1.54, 1.807) is 60.5 Å². The van der Waals surface area contributed by atoms with Gasteiger partial charge in [0.2, 0.25) is 0 Å². The third kappa shape index (κ3) is 6.33. The van der Waals surface area contributed by atoms with Crippen LogP contribution in [0.2, 0.25) is 0 Å². The van der Waals surface area contributed by atoms with Gasteiger partial charge < -0.3 is 19.2 Å². The molecule has 1 aliphatic rings. The van der Waals surface area contributed by atoms with Gasteiger partial charge in [0.25, 0.3) is 11.8 Å². The number of hydrazone groups is 1. The number of rotatable bonds is 11. The Morgan fingerprint density at radius 1 is 1.07 bits per heavy atom. The fraction of sp³-hybridized carbons (Fsp3) is 0.194. The Hall–Kier alpha value is -4.95. The fourth-order valence-electron chi connectivity index (χ4n) is 4.95. The molecule has 0 spiro atoms. The van der Waals surface area contributed by atoms with Crippen LogP contribution in [0.5, 0.6) is 11.5 Å². The van der Waals surface area contributed by atoms with E-state index in [1.807, 2.05) is 29.6 Å². The lowest BCUT2D eigenvalue weighted by Gasteiger charge is -2.24. The minimum Gasteiger partial charge on any atom is -0.493 e. The molecule has 2 aromatic carbocycles. The van der Waals surface area contributed by atoms with Crippen LogP contribution in [0.3, 0.4) is 0 Å². The third-order valence-electron chi connectivity index (χ3n) is 7.03. The van der Waals surface area contributed by atoms with Crippen molar-refractivity contribution in [2.45, 2.75) is 24.2 Å². The van der Waals surface area contributed by atoms with Gasteiger partial charge in [-0.3, -0.25) is 14.2 Å². The van der Waals surface area contributed by atoms with E-state index in [4.69, 9.17) is 19.0 Å². The molecule has 5 aromatic rings. The lowest BCUT2D eigenvalue weighted by Crippen LogP contribution is -2.29. The highest BCUT2D eigenvalue weighted by atomic mass is 32.2. The summed E-state index contributed by atoms with van der Waals surface area (Å²) in [5, 5.41) is 19.9. The quantitative estimate of drug-likeness (QED) is 0.187. The monoisotopic (exact) mass is 646 g/mol. The molecule has 1 aliphatic heterocycles. The molecule has 0 unspecified atom stereocenters. The van der Waals surface area contributed by atoms with Crippen molar-refractivity contribution in [1.82, 2.24) is 25.1 Å². The molecule has 4 heterocycles. The maximum atomic E-state index is 13.9. The molecule has 230 valence electrons. The predicted molar refractivity (Wildman–Crippen MR) is 167 cm³/mol. The van der Waals surface area contributed by atoms with E-state index in [0.717, 1.165) is 27.9 Å². The number of nitrogens with one attached hydrogen (secondary N) is 1. The molecule has 45 heavy (non-hydrogen) atoms. The summed E-state index contributed by atoms with van der Waals surface area (Å²) >= 11 is 2.71. The second kappa shape index (κ2) is 13.4. The van der Waals surface area contributed by atoms with Gasteiger partial charge in [0.15, 0.2) is 28.2 Å². The van der Waals surface area contributed by atoms with Gasteiger partial charge in [-0.1, -0.05) is 30.0 Å². The molecule has 0 saturated carbocycles. The van der Waals surface area contributed by atoms with Gasteiger partial charge in [-0.25, -0.2) is 9.40 Å². The van der Waals surface area contributed by atoms with Gasteiger partial charge in [0.1, 0.15) is 5.82 Å². The zero-order chi connectivity index (χ0) is 31.3. The number of thioether (sulfide) groups is 1. The van der Waals surface area contributed by atoms with Gasteiger partial charge in [0.05, 0.1) is 49.4 Å². The molecule has 0 bridgehead atoms. The van der Waals surface area contributed by atoms with Crippen molar-refractivity contribution in [1.29, 1.82) is 0 Å². The van der Waals surface area contributed by atoms with Crippen LogP contribution >= 0.6 is 23.1 Å². The summed E-state index contributed by atoms with van der Waals surface area (Å²) < 4.78 is 31.8. The van der Waals surface area contributed by atoms with E-state index in [2.05, 4.69) is 15.5 Å². The molecule has 2 amide bonds. The largest absolute Gasteiger partial charge is 0.493 e. The molecule has 14 heteroatoms. The van der Waals surface area contributed by atoms with E-state index in [0.29, 0.717) is 34.6 Å². The van der Waals surface area contributed by atoms with Gasteiger partial charge in [-0.15, -0.1) is 21.5 Å². The number of hydrogen-bond donors (Lipinski definition) is 1. The summed E-state index contributed by atoms with van der Waals surface area (Å²) in [6.45, 7) is 0.0106. The number of amides is 2. The topological polar surface area (TPSA) is 124 Å². The summed E-state index contributed by atoms with van der Waals surface area (Å²) in [5.41, 5.74) is 2.13. The first-order chi connectivity index (χ1) is 22.0. The standard InChI is InChI=1S/C31H27FN6O5S2/c1-41-24-7-3-6-21(29(24)42-2)23-16-22(26-9-5-15-44-26)36-38(23)28(39)18-45-31-35-34-27(17-33-30(40)25-8-4-14-43-25)37(31)20-12-10-19(32)11-13-20/h3-15,23H,16-18H2,1-2H3,(H,33,40)/t23-/m1/s1. The average molecular weight is 647 g/mol. The summed E-state index contributed by atoms with van der Waals surface area (Å²) in [6.07, 6.45) is 1.90. The number of aromatic nitrogens is 3. The van der Waals surface area contributed by atoms with Crippen LogP contribution in [0.4, 0.5) is 4.39 Å². The van der Waals surface area contributed by atoms with Gasteiger partial charge in [-0.2, -0.15) is 5.10 Å². The predicted octanol–water partition coefficient (Wildman–Crippen LogP) is 5.48. The molecule has 0 fully saturated rings.